The summed E-state index contributed by atoms with van der Waals surface area (Å²) in [6.07, 6.45) is 0. The Bertz CT molecular complexity index is 3130. The number of benzene rings is 9. The smallest absolute Gasteiger partial charge is 0.0991 e. The molecular formula is C53H36N4. The molecule has 57 heavy (non-hydrogen) atoms. The minimum Gasteiger partial charge on any atom is -0.310 e. The molecule has 4 nitrogen and oxygen atoms in total. The van der Waals surface area contributed by atoms with E-state index in [1.54, 1.807) is 0 Å². The Kier molecular flexibility index (Phi) is 7.89. The van der Waals surface area contributed by atoms with Crippen LogP contribution in [0.5, 0.6) is 0 Å². The topological polar surface area (TPSA) is 54.1 Å². The molecule has 0 atom stereocenters. The summed E-state index contributed by atoms with van der Waals surface area (Å²) in [6, 6.07) is 68.5. The van der Waals surface area contributed by atoms with Crippen molar-refractivity contribution in [1.29, 1.82) is 10.5 Å². The Labute approximate surface area is 332 Å². The van der Waals surface area contributed by atoms with Crippen molar-refractivity contribution in [2.24, 2.45) is 0 Å². The molecule has 0 aromatic heterocycles. The Hall–Kier alpha value is -7.66. The van der Waals surface area contributed by atoms with Crippen molar-refractivity contribution < 1.29 is 0 Å². The van der Waals surface area contributed by atoms with E-state index in [0.29, 0.717) is 11.1 Å². The zero-order valence-corrected chi connectivity index (χ0v) is 31.6. The Morgan fingerprint density at radius 1 is 0.351 bits per heavy atom. The third-order valence-corrected chi connectivity index (χ3v) is 11.6. The summed E-state index contributed by atoms with van der Waals surface area (Å²) in [7, 11) is 0. The third kappa shape index (κ3) is 5.75. The first kappa shape index (κ1) is 33.9. The van der Waals surface area contributed by atoms with Crippen LogP contribution < -0.4 is 9.80 Å². The van der Waals surface area contributed by atoms with E-state index < -0.39 is 0 Å². The van der Waals surface area contributed by atoms with Crippen LogP contribution in [0.4, 0.5) is 34.1 Å². The molecule has 0 aliphatic heterocycles. The minimum absolute atomic E-state index is 0.268. The lowest BCUT2D eigenvalue weighted by Crippen LogP contribution is -2.16. The van der Waals surface area contributed by atoms with Crippen molar-refractivity contribution in [3.05, 3.63) is 204 Å². The quantitative estimate of drug-likeness (QED) is 0.171. The van der Waals surface area contributed by atoms with Gasteiger partial charge in [-0.2, -0.15) is 10.5 Å². The number of rotatable bonds is 6. The summed E-state index contributed by atoms with van der Waals surface area (Å²) < 4.78 is 0. The van der Waals surface area contributed by atoms with Crippen molar-refractivity contribution >= 4 is 66.4 Å². The van der Waals surface area contributed by atoms with Crippen LogP contribution in [0.1, 0.15) is 36.1 Å². The highest BCUT2D eigenvalue weighted by molar-refractivity contribution is 5.98. The largest absolute Gasteiger partial charge is 0.310 e. The maximum absolute atomic E-state index is 9.56. The predicted octanol–water partition coefficient (Wildman–Crippen LogP) is 14.1. The van der Waals surface area contributed by atoms with Gasteiger partial charge in [0, 0.05) is 39.5 Å². The standard InChI is InChI=1S/C53H36N4/c1-53(2)51-31-42-29-47(56(43-18-11-35(33-54)12-19-43)45-22-15-37-7-3-5-9-39(37)27-45)24-17-41(42)30-50(51)49-26-25-48(32-52(49)53)57(44-20-13-36(34-55)14-21-44)46-23-16-38-8-4-6-10-40(38)28-46/h3-32H,1-2H3. The fraction of sp³-hybridized carbons (Fsp3) is 0.0566. The van der Waals surface area contributed by atoms with Gasteiger partial charge in [-0.15, -0.1) is 0 Å². The summed E-state index contributed by atoms with van der Waals surface area (Å²) >= 11 is 0. The van der Waals surface area contributed by atoms with Crippen LogP contribution in [0.15, 0.2) is 182 Å². The van der Waals surface area contributed by atoms with Gasteiger partial charge in [-0.25, -0.2) is 0 Å². The molecule has 0 fully saturated rings. The number of fused-ring (bicyclic) bond motifs is 6. The van der Waals surface area contributed by atoms with Crippen LogP contribution in [0.3, 0.4) is 0 Å². The first-order valence-corrected chi connectivity index (χ1v) is 19.2. The molecule has 0 saturated heterocycles. The van der Waals surface area contributed by atoms with Crippen LogP contribution in [0, 0.1) is 22.7 Å². The highest BCUT2D eigenvalue weighted by atomic mass is 15.1. The summed E-state index contributed by atoms with van der Waals surface area (Å²) in [4.78, 5) is 4.57. The molecule has 0 spiro atoms. The molecule has 1 aliphatic rings. The molecule has 10 rings (SSSR count). The molecule has 0 amide bonds. The molecule has 9 aromatic rings. The van der Waals surface area contributed by atoms with Crippen molar-refractivity contribution in [2.75, 3.05) is 9.80 Å². The molecule has 4 heteroatoms. The Morgan fingerprint density at radius 3 is 1.25 bits per heavy atom. The molecule has 268 valence electrons. The van der Waals surface area contributed by atoms with E-state index in [0.717, 1.165) is 34.1 Å². The summed E-state index contributed by atoms with van der Waals surface area (Å²) in [5.41, 5.74) is 12.3. The molecule has 1 aliphatic carbocycles. The van der Waals surface area contributed by atoms with Crippen LogP contribution in [0.25, 0.3) is 43.4 Å². The second kappa shape index (κ2) is 13.3. The predicted molar refractivity (Wildman–Crippen MR) is 235 cm³/mol. The lowest BCUT2D eigenvalue weighted by molar-refractivity contribution is 0.661. The monoisotopic (exact) mass is 728 g/mol. The minimum atomic E-state index is -0.268. The van der Waals surface area contributed by atoms with E-state index in [-0.39, 0.29) is 5.41 Å². The fourth-order valence-corrected chi connectivity index (χ4v) is 8.63. The molecule has 0 unspecified atom stereocenters. The molecule has 0 N–H and O–H groups in total. The van der Waals surface area contributed by atoms with Crippen LogP contribution in [-0.4, -0.2) is 0 Å². The van der Waals surface area contributed by atoms with Gasteiger partial charge >= 0.3 is 0 Å². The molecule has 0 radical (unpaired) electrons. The van der Waals surface area contributed by atoms with E-state index >= 15 is 0 Å². The first-order valence-electron chi connectivity index (χ1n) is 19.2. The molecule has 0 heterocycles. The van der Waals surface area contributed by atoms with Crippen molar-refractivity contribution in [3.8, 4) is 23.3 Å². The number of nitrogens with zero attached hydrogens (tertiary/aromatic N) is 4. The third-order valence-electron chi connectivity index (χ3n) is 11.6. The Balaban J connectivity index is 1.08. The van der Waals surface area contributed by atoms with E-state index in [1.807, 2.05) is 48.5 Å². The van der Waals surface area contributed by atoms with E-state index in [2.05, 4.69) is 169 Å². The van der Waals surface area contributed by atoms with E-state index in [1.165, 1.54) is 54.6 Å². The van der Waals surface area contributed by atoms with Gasteiger partial charge in [0.2, 0.25) is 0 Å². The first-order chi connectivity index (χ1) is 27.9. The number of anilines is 6. The lowest BCUT2D eigenvalue weighted by Gasteiger charge is -2.28. The van der Waals surface area contributed by atoms with E-state index in [9.17, 15) is 10.5 Å². The van der Waals surface area contributed by atoms with Gasteiger partial charge in [-0.3, -0.25) is 0 Å². The van der Waals surface area contributed by atoms with Crippen LogP contribution in [-0.2, 0) is 5.41 Å². The number of nitriles is 2. The summed E-state index contributed by atoms with van der Waals surface area (Å²) in [6.45, 7) is 4.66. The lowest BCUT2D eigenvalue weighted by atomic mass is 9.81. The average molecular weight is 729 g/mol. The highest BCUT2D eigenvalue weighted by Gasteiger charge is 2.36. The zero-order chi connectivity index (χ0) is 38.7. The Morgan fingerprint density at radius 2 is 0.737 bits per heavy atom. The van der Waals surface area contributed by atoms with Crippen molar-refractivity contribution in [1.82, 2.24) is 0 Å². The van der Waals surface area contributed by atoms with E-state index in [4.69, 9.17) is 0 Å². The second-order valence-electron chi connectivity index (χ2n) is 15.3. The summed E-state index contributed by atoms with van der Waals surface area (Å²) in [5, 5.41) is 26.2. The maximum Gasteiger partial charge on any atom is 0.0991 e. The highest BCUT2D eigenvalue weighted by Crippen LogP contribution is 2.52. The number of hydrogen-bond acceptors (Lipinski definition) is 4. The van der Waals surface area contributed by atoms with Gasteiger partial charge in [0.05, 0.1) is 23.3 Å². The SMILES string of the molecule is CC1(C)c2cc(N(c3ccc(C#N)cc3)c3ccc4ccccc4c3)ccc2-c2cc3ccc(N(c4ccc(C#N)cc4)c4ccc5ccccc5c4)cc3cc21. The van der Waals surface area contributed by atoms with Gasteiger partial charge in [-0.05, 0) is 164 Å². The van der Waals surface area contributed by atoms with Gasteiger partial charge in [-0.1, -0.05) is 86.6 Å². The molecular weight excluding hydrogens is 693 g/mol. The van der Waals surface area contributed by atoms with Crippen LogP contribution >= 0.6 is 0 Å². The van der Waals surface area contributed by atoms with Gasteiger partial charge < -0.3 is 9.80 Å². The van der Waals surface area contributed by atoms with Gasteiger partial charge in [0.15, 0.2) is 0 Å². The summed E-state index contributed by atoms with van der Waals surface area (Å²) in [5.74, 6) is 0. The normalized spacial score (nSPS) is 12.5. The molecule has 9 aromatic carbocycles. The van der Waals surface area contributed by atoms with Crippen LogP contribution in [0.2, 0.25) is 0 Å². The van der Waals surface area contributed by atoms with Gasteiger partial charge in [0.25, 0.3) is 0 Å². The van der Waals surface area contributed by atoms with Gasteiger partial charge in [0.1, 0.15) is 0 Å². The second-order valence-corrected chi connectivity index (χ2v) is 15.3. The number of hydrogen-bond donors (Lipinski definition) is 0. The van der Waals surface area contributed by atoms with Crippen molar-refractivity contribution in [3.63, 3.8) is 0 Å². The van der Waals surface area contributed by atoms with Crippen molar-refractivity contribution in [2.45, 2.75) is 19.3 Å². The average Bonchev–Trinajstić information content (AvgIpc) is 3.47. The maximum atomic E-state index is 9.56. The molecule has 0 saturated carbocycles. The molecule has 0 bridgehead atoms. The zero-order valence-electron chi connectivity index (χ0n) is 31.6. The fourth-order valence-electron chi connectivity index (χ4n) is 8.63.